The molecule has 0 fully saturated rings. The fraction of sp³-hybridized carbons (Fsp3) is 0.500. The van der Waals surface area contributed by atoms with E-state index in [0.29, 0.717) is 12.2 Å². The molecule has 130 valence electrons. The van der Waals surface area contributed by atoms with Crippen LogP contribution in [0.25, 0.3) is 0 Å². The molecule has 6 nitrogen and oxygen atoms in total. The van der Waals surface area contributed by atoms with Gasteiger partial charge in [0.15, 0.2) is 5.96 Å². The molecule has 0 amide bonds. The molecule has 2 N–H and O–H groups in total. The van der Waals surface area contributed by atoms with Crippen molar-refractivity contribution in [1.82, 2.24) is 10.6 Å². The summed E-state index contributed by atoms with van der Waals surface area (Å²) in [5, 5.41) is 6.41. The molecule has 1 rings (SSSR count). The highest BCUT2D eigenvalue weighted by atomic mass is 127. The summed E-state index contributed by atoms with van der Waals surface area (Å²) in [6, 6.07) is 7.41. The first-order chi connectivity index (χ1) is 10.7. The van der Waals surface area contributed by atoms with Crippen molar-refractivity contribution in [2.75, 3.05) is 40.5 Å². The first-order valence-corrected chi connectivity index (χ1v) is 7.40. The summed E-state index contributed by atoms with van der Waals surface area (Å²) in [5.74, 6) is 0.439. The predicted molar refractivity (Wildman–Crippen MR) is 103 cm³/mol. The Kier molecular flexibility index (Phi) is 12.4. The van der Waals surface area contributed by atoms with Gasteiger partial charge in [-0.3, -0.25) is 4.99 Å². The van der Waals surface area contributed by atoms with Crippen molar-refractivity contribution < 1.29 is 14.3 Å². The second-order valence-electron chi connectivity index (χ2n) is 4.56. The van der Waals surface area contributed by atoms with E-state index in [1.165, 1.54) is 7.11 Å². The number of benzene rings is 1. The normalized spacial score (nSPS) is 10.7. The fourth-order valence-electron chi connectivity index (χ4n) is 1.86. The molecule has 23 heavy (non-hydrogen) atoms. The van der Waals surface area contributed by atoms with Gasteiger partial charge in [-0.15, -0.1) is 24.0 Å². The van der Waals surface area contributed by atoms with Crippen molar-refractivity contribution >= 4 is 35.9 Å². The van der Waals surface area contributed by atoms with Crippen LogP contribution in [0.2, 0.25) is 0 Å². The lowest BCUT2D eigenvalue weighted by atomic mass is 10.1. The van der Waals surface area contributed by atoms with Crippen LogP contribution >= 0.6 is 24.0 Å². The zero-order chi connectivity index (χ0) is 16.2. The van der Waals surface area contributed by atoms with Crippen molar-refractivity contribution in [2.24, 2.45) is 4.99 Å². The van der Waals surface area contributed by atoms with Gasteiger partial charge in [0.25, 0.3) is 0 Å². The van der Waals surface area contributed by atoms with Gasteiger partial charge in [-0.05, 0) is 31.0 Å². The molecule has 7 heteroatoms. The molecule has 1 aromatic rings. The quantitative estimate of drug-likeness (QED) is 0.214. The zero-order valence-electron chi connectivity index (χ0n) is 13.9. The molecule has 0 atom stereocenters. The predicted octanol–water partition coefficient (Wildman–Crippen LogP) is 1.84. The van der Waals surface area contributed by atoms with Gasteiger partial charge in [0.1, 0.15) is 0 Å². The molecular formula is C16H26IN3O3. The van der Waals surface area contributed by atoms with Crippen LogP contribution in [0.1, 0.15) is 22.8 Å². The van der Waals surface area contributed by atoms with E-state index >= 15 is 0 Å². The Morgan fingerprint density at radius 3 is 2.39 bits per heavy atom. The minimum Gasteiger partial charge on any atom is -0.465 e. The maximum absolute atomic E-state index is 11.3. The van der Waals surface area contributed by atoms with Crippen molar-refractivity contribution in [1.29, 1.82) is 0 Å². The Morgan fingerprint density at radius 2 is 1.83 bits per heavy atom. The molecule has 0 aliphatic rings. The standard InChI is InChI=1S/C16H25N3O3.HI/c1-4-22-12-11-19-16(17-2)18-10-9-13-5-7-14(8-6-13)15(20)21-3;/h5-8H,4,9-12H2,1-3H3,(H2,17,18,19);1H. The molecule has 0 bridgehead atoms. The highest BCUT2D eigenvalue weighted by Gasteiger charge is 2.04. The molecule has 0 aromatic heterocycles. The van der Waals surface area contributed by atoms with Crippen molar-refractivity contribution in [3.05, 3.63) is 35.4 Å². The van der Waals surface area contributed by atoms with Gasteiger partial charge >= 0.3 is 5.97 Å². The molecular weight excluding hydrogens is 409 g/mol. The minimum atomic E-state index is -0.316. The van der Waals surface area contributed by atoms with Gasteiger partial charge in [0, 0.05) is 26.7 Å². The van der Waals surface area contributed by atoms with E-state index in [4.69, 9.17) is 4.74 Å². The van der Waals surface area contributed by atoms with Crippen LogP contribution in [0.4, 0.5) is 0 Å². The lowest BCUT2D eigenvalue weighted by Crippen LogP contribution is -2.39. The maximum atomic E-state index is 11.3. The van der Waals surface area contributed by atoms with E-state index in [2.05, 4.69) is 20.4 Å². The molecule has 0 unspecified atom stereocenters. The number of nitrogens with one attached hydrogen (secondary N) is 2. The summed E-state index contributed by atoms with van der Waals surface area (Å²) in [6.07, 6.45) is 0.841. The molecule has 0 saturated heterocycles. The topological polar surface area (TPSA) is 72.0 Å². The number of carbonyl (C=O) groups is 1. The number of halogens is 1. The van der Waals surface area contributed by atoms with Crippen molar-refractivity contribution in [3.8, 4) is 0 Å². The fourth-order valence-corrected chi connectivity index (χ4v) is 1.86. The van der Waals surface area contributed by atoms with Gasteiger partial charge in [-0.25, -0.2) is 4.79 Å². The Balaban J connectivity index is 0.00000484. The van der Waals surface area contributed by atoms with Crippen molar-refractivity contribution in [3.63, 3.8) is 0 Å². The van der Waals surface area contributed by atoms with Crippen LogP contribution in [0.5, 0.6) is 0 Å². The number of nitrogens with zero attached hydrogens (tertiary/aromatic N) is 1. The summed E-state index contributed by atoms with van der Waals surface area (Å²) in [6.45, 7) is 4.83. The molecule has 0 saturated carbocycles. The summed E-state index contributed by atoms with van der Waals surface area (Å²) in [5.41, 5.74) is 1.71. The Labute approximate surface area is 155 Å². The number of esters is 1. The average molecular weight is 435 g/mol. The second kappa shape index (κ2) is 13.1. The number of guanidine groups is 1. The molecule has 0 radical (unpaired) electrons. The van der Waals surface area contributed by atoms with E-state index in [9.17, 15) is 4.79 Å². The third kappa shape index (κ3) is 8.75. The lowest BCUT2D eigenvalue weighted by molar-refractivity contribution is 0.0600. The monoisotopic (exact) mass is 435 g/mol. The van der Waals surface area contributed by atoms with Crippen LogP contribution < -0.4 is 10.6 Å². The molecule has 0 heterocycles. The van der Waals surface area contributed by atoms with E-state index in [1.54, 1.807) is 19.2 Å². The van der Waals surface area contributed by atoms with E-state index in [1.807, 2.05) is 19.1 Å². The number of hydrogen-bond acceptors (Lipinski definition) is 4. The highest BCUT2D eigenvalue weighted by molar-refractivity contribution is 14.0. The summed E-state index contributed by atoms with van der Waals surface area (Å²) in [4.78, 5) is 15.5. The Morgan fingerprint density at radius 1 is 1.17 bits per heavy atom. The number of aliphatic imine (C=N–C) groups is 1. The Bertz CT molecular complexity index is 478. The van der Waals surface area contributed by atoms with Crippen LogP contribution in [0.3, 0.4) is 0 Å². The van der Waals surface area contributed by atoms with E-state index in [-0.39, 0.29) is 29.9 Å². The first kappa shape index (κ1) is 21.6. The van der Waals surface area contributed by atoms with Gasteiger partial charge < -0.3 is 20.1 Å². The van der Waals surface area contributed by atoms with Gasteiger partial charge in [-0.2, -0.15) is 0 Å². The summed E-state index contributed by atoms with van der Waals surface area (Å²) < 4.78 is 9.93. The third-order valence-corrected chi connectivity index (χ3v) is 3.05. The SMILES string of the molecule is CCOCCNC(=NC)NCCc1ccc(C(=O)OC)cc1.I. The Hall–Kier alpha value is -1.35. The van der Waals surface area contributed by atoms with Crippen LogP contribution in [0, 0.1) is 0 Å². The molecule has 0 spiro atoms. The lowest BCUT2D eigenvalue weighted by Gasteiger charge is -2.11. The molecule has 0 aliphatic heterocycles. The third-order valence-electron chi connectivity index (χ3n) is 3.05. The molecule has 0 aliphatic carbocycles. The van der Waals surface area contributed by atoms with Gasteiger partial charge in [-0.1, -0.05) is 12.1 Å². The number of methoxy groups -OCH3 is 1. The van der Waals surface area contributed by atoms with Gasteiger partial charge in [0.2, 0.25) is 0 Å². The van der Waals surface area contributed by atoms with Crippen LogP contribution in [-0.4, -0.2) is 52.4 Å². The first-order valence-electron chi connectivity index (χ1n) is 7.40. The smallest absolute Gasteiger partial charge is 0.337 e. The number of hydrogen-bond donors (Lipinski definition) is 2. The highest BCUT2D eigenvalue weighted by Crippen LogP contribution is 2.06. The number of carbonyl (C=O) groups excluding carboxylic acids is 1. The maximum Gasteiger partial charge on any atom is 0.337 e. The number of ether oxygens (including phenoxy) is 2. The molecule has 1 aromatic carbocycles. The van der Waals surface area contributed by atoms with Crippen molar-refractivity contribution in [2.45, 2.75) is 13.3 Å². The van der Waals surface area contributed by atoms with Crippen LogP contribution in [-0.2, 0) is 15.9 Å². The zero-order valence-corrected chi connectivity index (χ0v) is 16.3. The van der Waals surface area contributed by atoms with Gasteiger partial charge in [0.05, 0.1) is 19.3 Å². The minimum absolute atomic E-state index is 0. The van der Waals surface area contributed by atoms with E-state index in [0.717, 1.165) is 37.6 Å². The summed E-state index contributed by atoms with van der Waals surface area (Å²) >= 11 is 0. The average Bonchev–Trinajstić information content (AvgIpc) is 2.57. The van der Waals surface area contributed by atoms with E-state index < -0.39 is 0 Å². The largest absolute Gasteiger partial charge is 0.465 e. The second-order valence-corrected chi connectivity index (χ2v) is 4.56. The van der Waals surface area contributed by atoms with Crippen LogP contribution in [0.15, 0.2) is 29.3 Å². The summed E-state index contributed by atoms with van der Waals surface area (Å²) in [7, 11) is 3.12. The number of rotatable bonds is 8.